The molecule has 2 aliphatic rings. The third kappa shape index (κ3) is 2.69. The number of pyridine rings is 1. The molecule has 30 heavy (non-hydrogen) atoms. The number of hydrogen-bond donors (Lipinski definition) is 0. The average Bonchev–Trinajstić information content (AvgIpc) is 3.16. The molecule has 0 spiro atoms. The SMILES string of the molecule is Cn1cnc2ncn(Cc3nc([C@H]4[C@@H]5C=C(c6ccc(Cl)cn6)C[C@@H]54)no3)c(=O)c21. The van der Waals surface area contributed by atoms with Gasteiger partial charge < -0.3 is 9.09 Å². The number of halogens is 1. The van der Waals surface area contributed by atoms with E-state index in [1.165, 1.54) is 16.5 Å². The number of fused-ring (bicyclic) bond motifs is 2. The Kier molecular flexibility index (Phi) is 3.70. The number of nitrogens with zero attached hydrogens (tertiary/aromatic N) is 7. The minimum Gasteiger partial charge on any atom is -0.337 e. The molecule has 10 heteroatoms. The molecule has 4 heterocycles. The zero-order valence-electron chi connectivity index (χ0n) is 15.9. The average molecular weight is 422 g/mol. The van der Waals surface area contributed by atoms with Gasteiger partial charge >= 0.3 is 0 Å². The molecule has 0 saturated heterocycles. The molecule has 3 atom stereocenters. The fourth-order valence-corrected chi connectivity index (χ4v) is 4.47. The number of allylic oxidation sites excluding steroid dienone is 2. The molecule has 4 aromatic heterocycles. The summed E-state index contributed by atoms with van der Waals surface area (Å²) in [5, 5.41) is 4.80. The van der Waals surface area contributed by atoms with Crippen LogP contribution in [0.2, 0.25) is 5.02 Å². The smallest absolute Gasteiger partial charge is 0.280 e. The Morgan fingerprint density at radius 2 is 2.10 bits per heavy atom. The third-order valence-electron chi connectivity index (χ3n) is 5.92. The Labute approximate surface area is 175 Å². The van der Waals surface area contributed by atoms with Crippen molar-refractivity contribution >= 4 is 28.3 Å². The summed E-state index contributed by atoms with van der Waals surface area (Å²) < 4.78 is 8.54. The maximum atomic E-state index is 12.7. The summed E-state index contributed by atoms with van der Waals surface area (Å²) in [7, 11) is 1.76. The van der Waals surface area contributed by atoms with Crippen molar-refractivity contribution in [3.63, 3.8) is 0 Å². The zero-order valence-corrected chi connectivity index (χ0v) is 16.7. The third-order valence-corrected chi connectivity index (χ3v) is 6.15. The van der Waals surface area contributed by atoms with Gasteiger partial charge in [-0.15, -0.1) is 0 Å². The molecule has 0 N–H and O–H groups in total. The van der Waals surface area contributed by atoms with Crippen LogP contribution < -0.4 is 5.56 Å². The van der Waals surface area contributed by atoms with Gasteiger partial charge in [0.25, 0.3) is 5.56 Å². The summed E-state index contributed by atoms with van der Waals surface area (Å²) in [6.45, 7) is 0.178. The lowest BCUT2D eigenvalue weighted by atomic mass is 10.1. The Morgan fingerprint density at radius 3 is 2.87 bits per heavy atom. The molecule has 150 valence electrons. The van der Waals surface area contributed by atoms with Gasteiger partial charge in [-0.1, -0.05) is 22.8 Å². The van der Waals surface area contributed by atoms with Crippen molar-refractivity contribution in [1.29, 1.82) is 0 Å². The van der Waals surface area contributed by atoms with Crippen LogP contribution in [0.25, 0.3) is 16.7 Å². The molecule has 2 aliphatic carbocycles. The molecular weight excluding hydrogens is 406 g/mol. The van der Waals surface area contributed by atoms with Gasteiger partial charge in [0.2, 0.25) is 5.89 Å². The van der Waals surface area contributed by atoms with Crippen molar-refractivity contribution in [3.05, 3.63) is 69.8 Å². The second-order valence-corrected chi connectivity index (χ2v) is 8.21. The summed E-state index contributed by atoms with van der Waals surface area (Å²) in [6.07, 6.45) is 7.90. The Bertz CT molecular complexity index is 1370. The fourth-order valence-electron chi connectivity index (χ4n) is 4.36. The van der Waals surface area contributed by atoms with Crippen molar-refractivity contribution in [2.24, 2.45) is 18.9 Å². The second kappa shape index (κ2) is 6.33. The van der Waals surface area contributed by atoms with Gasteiger partial charge in [0.05, 0.1) is 17.0 Å². The molecule has 4 aromatic rings. The fraction of sp³-hybridized carbons (Fsp3) is 0.300. The molecule has 1 saturated carbocycles. The maximum absolute atomic E-state index is 12.7. The lowest BCUT2D eigenvalue weighted by Crippen LogP contribution is -2.22. The molecule has 0 unspecified atom stereocenters. The Hall–Kier alpha value is -3.33. The maximum Gasteiger partial charge on any atom is 0.280 e. The lowest BCUT2D eigenvalue weighted by molar-refractivity contribution is 0.364. The van der Waals surface area contributed by atoms with Gasteiger partial charge in [-0.3, -0.25) is 14.3 Å². The number of hydrogen-bond acceptors (Lipinski definition) is 7. The van der Waals surface area contributed by atoms with Crippen molar-refractivity contribution in [2.75, 3.05) is 0 Å². The van der Waals surface area contributed by atoms with Crippen LogP contribution in [0.3, 0.4) is 0 Å². The summed E-state index contributed by atoms with van der Waals surface area (Å²) in [6, 6.07) is 3.81. The normalized spacial score (nSPS) is 22.3. The first kappa shape index (κ1) is 17.5. The van der Waals surface area contributed by atoms with Gasteiger partial charge in [0, 0.05) is 19.2 Å². The standard InChI is InChI=1S/C20H16ClN7O2/c1-27-8-23-19-17(27)20(29)28(9-24-19)7-15-25-18(26-30-15)16-12-4-10(5-13(12)16)14-3-2-11(21)6-22-14/h2-4,6,8-9,12-13,16H,5,7H2,1H3/t12-,13+,16+/m1/s1. The highest BCUT2D eigenvalue weighted by Crippen LogP contribution is 2.62. The van der Waals surface area contributed by atoms with Crippen LogP contribution in [0, 0.1) is 11.8 Å². The van der Waals surface area contributed by atoms with Crippen molar-refractivity contribution < 1.29 is 4.52 Å². The number of aromatic nitrogens is 7. The second-order valence-electron chi connectivity index (χ2n) is 7.78. The Balaban J connectivity index is 1.20. The van der Waals surface area contributed by atoms with E-state index in [4.69, 9.17) is 16.1 Å². The van der Waals surface area contributed by atoms with Gasteiger partial charge in [-0.25, -0.2) is 9.97 Å². The van der Waals surface area contributed by atoms with Crippen molar-refractivity contribution in [3.8, 4) is 0 Å². The van der Waals surface area contributed by atoms with E-state index in [1.807, 2.05) is 12.1 Å². The molecular formula is C20H16ClN7O2. The summed E-state index contributed by atoms with van der Waals surface area (Å²) in [4.78, 5) is 29.9. The number of aryl methyl sites for hydroxylation is 1. The quantitative estimate of drug-likeness (QED) is 0.498. The monoisotopic (exact) mass is 421 g/mol. The molecule has 0 aromatic carbocycles. The molecule has 0 amide bonds. The van der Waals surface area contributed by atoms with Gasteiger partial charge in [0.1, 0.15) is 12.9 Å². The summed E-state index contributed by atoms with van der Waals surface area (Å²) >= 11 is 5.92. The van der Waals surface area contributed by atoms with Crippen LogP contribution in [0.1, 0.15) is 29.7 Å². The van der Waals surface area contributed by atoms with E-state index < -0.39 is 0 Å². The van der Waals surface area contributed by atoms with E-state index >= 15 is 0 Å². The highest BCUT2D eigenvalue weighted by Gasteiger charge is 2.55. The molecule has 0 bridgehead atoms. The van der Waals surface area contributed by atoms with Crippen molar-refractivity contribution in [2.45, 2.75) is 18.9 Å². The lowest BCUT2D eigenvalue weighted by Gasteiger charge is -2.04. The van der Waals surface area contributed by atoms with Crippen LogP contribution in [0.15, 0.2) is 46.4 Å². The summed E-state index contributed by atoms with van der Waals surface area (Å²) in [5.41, 5.74) is 2.89. The van der Waals surface area contributed by atoms with E-state index in [1.54, 1.807) is 24.1 Å². The Morgan fingerprint density at radius 1 is 1.23 bits per heavy atom. The van der Waals surface area contributed by atoms with E-state index in [9.17, 15) is 4.79 Å². The number of rotatable bonds is 4. The molecule has 0 aliphatic heterocycles. The van der Waals surface area contributed by atoms with E-state index in [-0.39, 0.29) is 18.0 Å². The highest BCUT2D eigenvalue weighted by molar-refractivity contribution is 6.30. The predicted octanol–water partition coefficient (Wildman–Crippen LogP) is 2.43. The first-order chi connectivity index (χ1) is 14.6. The van der Waals surface area contributed by atoms with Gasteiger partial charge in [-0.2, -0.15) is 4.98 Å². The van der Waals surface area contributed by atoms with Crippen LogP contribution in [0.4, 0.5) is 0 Å². The molecule has 6 rings (SSSR count). The highest BCUT2D eigenvalue weighted by atomic mass is 35.5. The van der Waals surface area contributed by atoms with E-state index in [0.717, 1.165) is 12.1 Å². The molecule has 9 nitrogen and oxygen atoms in total. The van der Waals surface area contributed by atoms with Gasteiger partial charge in [-0.05, 0) is 36.0 Å². The first-order valence-electron chi connectivity index (χ1n) is 9.60. The topological polar surface area (TPSA) is 105 Å². The minimum absolute atomic E-state index is 0.178. The number of imidazole rings is 1. The van der Waals surface area contributed by atoms with Crippen molar-refractivity contribution in [1.82, 2.24) is 34.2 Å². The minimum atomic E-state index is -0.189. The van der Waals surface area contributed by atoms with Crippen LogP contribution in [0.5, 0.6) is 0 Å². The van der Waals surface area contributed by atoms with Crippen LogP contribution in [-0.4, -0.2) is 34.2 Å². The predicted molar refractivity (Wildman–Crippen MR) is 108 cm³/mol. The summed E-state index contributed by atoms with van der Waals surface area (Å²) in [5.74, 6) is 2.22. The first-order valence-corrected chi connectivity index (χ1v) is 9.98. The van der Waals surface area contributed by atoms with E-state index in [2.05, 4.69) is 31.2 Å². The van der Waals surface area contributed by atoms with Crippen LogP contribution >= 0.6 is 11.6 Å². The van der Waals surface area contributed by atoms with Gasteiger partial charge in [0.15, 0.2) is 17.0 Å². The van der Waals surface area contributed by atoms with E-state index in [0.29, 0.717) is 39.7 Å². The molecule has 0 radical (unpaired) electrons. The largest absolute Gasteiger partial charge is 0.337 e. The molecule has 1 fully saturated rings. The van der Waals surface area contributed by atoms with Crippen LogP contribution in [-0.2, 0) is 13.6 Å². The zero-order chi connectivity index (χ0) is 20.4.